The number of carbonyl (C=O) groups is 1. The van der Waals surface area contributed by atoms with E-state index in [9.17, 15) is 28.0 Å². The number of halogens is 2. The van der Waals surface area contributed by atoms with E-state index in [0.717, 1.165) is 12.3 Å². The average molecular weight is 575 g/mol. The van der Waals surface area contributed by atoms with Crippen LogP contribution in [0.2, 0.25) is 0 Å². The number of ether oxygens (including phenoxy) is 2. The largest absolute Gasteiger partial charge is 0.462 e. The molecule has 0 aliphatic carbocycles. The van der Waals surface area contributed by atoms with E-state index in [1.165, 1.54) is 12.1 Å². The van der Waals surface area contributed by atoms with Gasteiger partial charge in [0.15, 0.2) is 6.10 Å². The number of benzene rings is 1. The number of nitrogens with two attached hydrogens (primary N) is 1. The molecule has 39 heavy (non-hydrogen) atoms. The number of alkyl halides is 2. The Kier molecular flexibility index (Phi) is 9.83. The molecule has 12 nitrogen and oxygen atoms in total. The molecule has 0 amide bonds. The molecule has 5 atom stereocenters. The third-order valence-corrected chi connectivity index (χ3v) is 7.09. The van der Waals surface area contributed by atoms with Gasteiger partial charge in [0.1, 0.15) is 23.7 Å². The number of carbonyl (C=O) groups excluding carboxylic acids is 1. The van der Waals surface area contributed by atoms with Crippen molar-refractivity contribution in [1.29, 1.82) is 0 Å². The van der Waals surface area contributed by atoms with Gasteiger partial charge in [-0.05, 0) is 44.4 Å². The smallest absolute Gasteiger partial charge is 0.459 e. The van der Waals surface area contributed by atoms with E-state index >= 15 is 0 Å². The molecule has 0 radical (unpaired) electrons. The summed E-state index contributed by atoms with van der Waals surface area (Å²) in [4.78, 5) is 28.3. The first-order chi connectivity index (χ1) is 18.2. The fraction of sp³-hybridized carbons (Fsp3) is 0.542. The van der Waals surface area contributed by atoms with Crippen LogP contribution >= 0.6 is 7.75 Å². The van der Waals surface area contributed by atoms with Gasteiger partial charge in [-0.1, -0.05) is 32.0 Å². The van der Waals surface area contributed by atoms with E-state index in [4.69, 9.17) is 24.3 Å². The van der Waals surface area contributed by atoms with Gasteiger partial charge in [-0.2, -0.15) is 18.9 Å². The molecule has 0 bridgehead atoms. The molecule has 2 heterocycles. The minimum Gasteiger partial charge on any atom is -0.462 e. The summed E-state index contributed by atoms with van der Waals surface area (Å²) in [7, 11) is -4.46. The number of nitrogen functional groups attached to an aromatic ring is 1. The minimum absolute atomic E-state index is 0.0429. The van der Waals surface area contributed by atoms with Crippen LogP contribution in [0.3, 0.4) is 0 Å². The molecule has 1 fully saturated rings. The molecule has 1 saturated heterocycles. The fourth-order valence-corrected chi connectivity index (χ4v) is 5.29. The van der Waals surface area contributed by atoms with Crippen LogP contribution in [0.5, 0.6) is 5.75 Å². The molecule has 0 spiro atoms. The van der Waals surface area contributed by atoms with Crippen LogP contribution in [0, 0.1) is 5.92 Å². The zero-order valence-corrected chi connectivity index (χ0v) is 22.8. The Bertz CT molecular complexity index is 1230. The maximum absolute atomic E-state index is 14.9. The van der Waals surface area contributed by atoms with Gasteiger partial charge < -0.3 is 24.8 Å². The molecular weight excluding hydrogens is 541 g/mol. The Morgan fingerprint density at radius 2 is 1.92 bits per heavy atom. The average Bonchev–Trinajstić information content (AvgIpc) is 3.06. The van der Waals surface area contributed by atoms with Crippen molar-refractivity contribution in [3.8, 4) is 5.75 Å². The molecule has 1 aliphatic rings. The number of esters is 1. The van der Waals surface area contributed by atoms with Gasteiger partial charge in [-0.3, -0.25) is 13.9 Å². The molecule has 4 N–H and O–H groups in total. The van der Waals surface area contributed by atoms with Crippen molar-refractivity contribution in [3.63, 3.8) is 0 Å². The van der Waals surface area contributed by atoms with Crippen molar-refractivity contribution >= 4 is 19.5 Å². The van der Waals surface area contributed by atoms with Crippen LogP contribution in [0.15, 0.2) is 47.4 Å². The van der Waals surface area contributed by atoms with Gasteiger partial charge in [-0.25, -0.2) is 9.36 Å². The number of aromatic nitrogens is 2. The standard InChI is InChI=1S/C24H33F2N4O8P/c1-14(2)12-17(21(32)36-15(3)4)29-39(34,38-16-8-6-5-7-9-16)35-13-18-20(31)24(25,26)22(37-18)30-11-10-19(27)28-23(30)33/h5-11,14-15,17-18,20,22,31H,12-13H2,1-4H3,(H,29,34)(H2,27,28,33)/t17-,18+,20+,22+,39?/m0/s1. The Morgan fingerprint density at radius 1 is 1.26 bits per heavy atom. The first-order valence-electron chi connectivity index (χ1n) is 12.3. The van der Waals surface area contributed by atoms with Gasteiger partial charge in [0.25, 0.3) is 0 Å². The summed E-state index contributed by atoms with van der Waals surface area (Å²) in [5, 5.41) is 12.9. The van der Waals surface area contributed by atoms with E-state index in [-0.39, 0.29) is 23.9 Å². The van der Waals surface area contributed by atoms with E-state index in [0.29, 0.717) is 4.57 Å². The monoisotopic (exact) mass is 574 g/mol. The van der Waals surface area contributed by atoms with Crippen LogP contribution in [0.25, 0.3) is 0 Å². The van der Waals surface area contributed by atoms with Crippen LogP contribution in [-0.4, -0.2) is 57.5 Å². The van der Waals surface area contributed by atoms with Gasteiger partial charge in [0.05, 0.1) is 12.7 Å². The Morgan fingerprint density at radius 3 is 2.51 bits per heavy atom. The molecule has 3 rings (SSSR count). The topological polar surface area (TPSA) is 164 Å². The first-order valence-corrected chi connectivity index (χ1v) is 13.8. The lowest BCUT2D eigenvalue weighted by Gasteiger charge is -2.27. The predicted octanol–water partition coefficient (Wildman–Crippen LogP) is 2.88. The SMILES string of the molecule is CC(C)C[C@H](NP(=O)(OC[C@H]1O[C@@H](n2ccc(N)nc2=O)C(F)(F)[C@@H]1O)Oc1ccccc1)C(=O)OC(C)C. The molecule has 0 saturated carbocycles. The molecule has 216 valence electrons. The van der Waals surface area contributed by atoms with E-state index in [1.54, 1.807) is 32.0 Å². The number of aliphatic hydroxyl groups excluding tert-OH is 1. The van der Waals surface area contributed by atoms with E-state index in [2.05, 4.69) is 10.1 Å². The summed E-state index contributed by atoms with van der Waals surface area (Å²) in [5.74, 6) is -4.79. The number of rotatable bonds is 12. The number of hydrogen-bond donors (Lipinski definition) is 3. The quantitative estimate of drug-likeness (QED) is 0.252. The summed E-state index contributed by atoms with van der Waals surface area (Å²) in [6.45, 7) is 6.12. The van der Waals surface area contributed by atoms with Gasteiger partial charge in [0, 0.05) is 6.20 Å². The Balaban J connectivity index is 1.85. The van der Waals surface area contributed by atoms with Crippen LogP contribution < -0.4 is 21.0 Å². The lowest BCUT2D eigenvalue weighted by atomic mass is 10.0. The number of hydrogen-bond acceptors (Lipinski definition) is 10. The molecule has 1 aliphatic heterocycles. The second-order valence-corrected chi connectivity index (χ2v) is 11.4. The zero-order valence-electron chi connectivity index (χ0n) is 21.9. The third-order valence-electron chi connectivity index (χ3n) is 5.52. The van der Waals surface area contributed by atoms with E-state index in [1.807, 2.05) is 13.8 Å². The number of nitrogens with zero attached hydrogens (tertiary/aromatic N) is 2. The lowest BCUT2D eigenvalue weighted by Crippen LogP contribution is -2.42. The first kappa shape index (κ1) is 30.6. The highest BCUT2D eigenvalue weighted by molar-refractivity contribution is 7.52. The number of aliphatic hydroxyl groups is 1. The van der Waals surface area contributed by atoms with Crippen LogP contribution in [-0.2, 0) is 23.4 Å². The number of nitrogens with one attached hydrogen (secondary N) is 1. The second kappa shape index (κ2) is 12.5. The van der Waals surface area contributed by atoms with Crippen molar-refractivity contribution in [2.24, 2.45) is 5.92 Å². The third kappa shape index (κ3) is 7.83. The summed E-state index contributed by atoms with van der Waals surface area (Å²) in [6.07, 6.45) is -5.74. The minimum atomic E-state index is -4.46. The summed E-state index contributed by atoms with van der Waals surface area (Å²) in [5.41, 5.74) is 4.30. The highest BCUT2D eigenvalue weighted by Crippen LogP contribution is 2.48. The summed E-state index contributed by atoms with van der Waals surface area (Å²) in [6, 6.07) is 7.84. The van der Waals surface area contributed by atoms with Crippen molar-refractivity contribution in [1.82, 2.24) is 14.6 Å². The van der Waals surface area contributed by atoms with Crippen molar-refractivity contribution in [2.45, 2.75) is 70.6 Å². The van der Waals surface area contributed by atoms with Crippen molar-refractivity contribution in [2.75, 3.05) is 12.3 Å². The number of para-hydroxylation sites is 1. The molecular formula is C24H33F2N4O8P. The lowest BCUT2D eigenvalue weighted by molar-refractivity contribution is -0.150. The maximum Gasteiger partial charge on any atom is 0.459 e. The fourth-order valence-electron chi connectivity index (χ4n) is 3.77. The van der Waals surface area contributed by atoms with Crippen LogP contribution in [0.1, 0.15) is 40.3 Å². The predicted molar refractivity (Wildman–Crippen MR) is 136 cm³/mol. The maximum atomic E-state index is 14.9. The van der Waals surface area contributed by atoms with Crippen molar-refractivity contribution < 1.29 is 41.8 Å². The number of anilines is 1. The summed E-state index contributed by atoms with van der Waals surface area (Å²) >= 11 is 0. The normalized spacial score (nSPS) is 22.9. The summed E-state index contributed by atoms with van der Waals surface area (Å²) < 4.78 is 65.8. The Hall–Kier alpha value is -2.90. The molecule has 2 aromatic rings. The Labute approximate surface area is 224 Å². The van der Waals surface area contributed by atoms with Crippen LogP contribution in [0.4, 0.5) is 14.6 Å². The molecule has 1 unspecified atom stereocenters. The highest BCUT2D eigenvalue weighted by atomic mass is 31.2. The van der Waals surface area contributed by atoms with Gasteiger partial charge in [-0.15, -0.1) is 0 Å². The molecule has 1 aromatic heterocycles. The van der Waals surface area contributed by atoms with E-state index < -0.39 is 62.5 Å². The van der Waals surface area contributed by atoms with Gasteiger partial charge in [0.2, 0.25) is 6.23 Å². The second-order valence-electron chi connectivity index (χ2n) is 9.68. The van der Waals surface area contributed by atoms with Gasteiger partial charge >= 0.3 is 25.3 Å². The zero-order chi connectivity index (χ0) is 29.0. The highest BCUT2D eigenvalue weighted by Gasteiger charge is 2.60. The molecule has 15 heteroatoms. The van der Waals surface area contributed by atoms with Crippen molar-refractivity contribution in [3.05, 3.63) is 53.1 Å². The molecule has 1 aromatic carbocycles.